The molecule has 0 aromatic carbocycles. The van der Waals surface area contributed by atoms with Gasteiger partial charge in [-0.25, -0.2) is 0 Å². The SMILES string of the molecule is [AlH3].[CH2]C(C)(CC)CC. The third-order valence-corrected chi connectivity index (χ3v) is 1.71. The van der Waals surface area contributed by atoms with Crippen LogP contribution in [0.1, 0.15) is 33.6 Å². The van der Waals surface area contributed by atoms with Crippen molar-refractivity contribution in [2.45, 2.75) is 33.6 Å². The molecule has 1 radical (unpaired) electrons. The van der Waals surface area contributed by atoms with Crippen LogP contribution in [0, 0.1) is 12.3 Å². The average molecular weight is 129 g/mol. The van der Waals surface area contributed by atoms with E-state index in [2.05, 4.69) is 27.7 Å². The third kappa shape index (κ3) is 4.69. The summed E-state index contributed by atoms with van der Waals surface area (Å²) in [5, 5.41) is 0. The Morgan fingerprint density at radius 1 is 1.25 bits per heavy atom. The average Bonchev–Trinajstić information content (AvgIpc) is 1.68. The van der Waals surface area contributed by atoms with Gasteiger partial charge in [0.05, 0.1) is 0 Å². The quantitative estimate of drug-likeness (QED) is 0.495. The molecule has 0 aliphatic heterocycles. The van der Waals surface area contributed by atoms with Gasteiger partial charge in [0.15, 0.2) is 17.4 Å². The zero-order valence-corrected chi connectivity index (χ0v) is 5.62. The molecule has 0 N–H and O–H groups in total. The van der Waals surface area contributed by atoms with Crippen molar-refractivity contribution in [2.75, 3.05) is 0 Å². The molecule has 1 heteroatoms. The molecule has 0 aromatic heterocycles. The summed E-state index contributed by atoms with van der Waals surface area (Å²) in [5.41, 5.74) is 0.333. The maximum Gasteiger partial charge on any atom is 0.187 e. The van der Waals surface area contributed by atoms with Gasteiger partial charge in [0.2, 0.25) is 0 Å². The lowest BCUT2D eigenvalue weighted by atomic mass is 9.88. The third-order valence-electron chi connectivity index (χ3n) is 1.71. The maximum absolute atomic E-state index is 4.01. The Hall–Kier alpha value is 0.532. The Morgan fingerprint density at radius 3 is 1.50 bits per heavy atom. The van der Waals surface area contributed by atoms with Crippen molar-refractivity contribution in [3.8, 4) is 0 Å². The van der Waals surface area contributed by atoms with Crippen molar-refractivity contribution in [2.24, 2.45) is 5.41 Å². The smallest absolute Gasteiger partial charge is 0.0649 e. The van der Waals surface area contributed by atoms with Crippen molar-refractivity contribution in [3.05, 3.63) is 6.92 Å². The van der Waals surface area contributed by atoms with Gasteiger partial charge in [0.1, 0.15) is 0 Å². The highest BCUT2D eigenvalue weighted by atomic mass is 27.0. The molecule has 0 aliphatic rings. The van der Waals surface area contributed by atoms with Crippen LogP contribution in [0.25, 0.3) is 0 Å². The second-order valence-corrected chi connectivity index (χ2v) is 2.52. The zero-order valence-electron chi connectivity index (χ0n) is 5.62. The fraction of sp³-hybridized carbons (Fsp3) is 0.857. The van der Waals surface area contributed by atoms with Gasteiger partial charge in [-0.3, -0.25) is 0 Å². The van der Waals surface area contributed by atoms with Crippen molar-refractivity contribution in [1.29, 1.82) is 0 Å². The first-order chi connectivity index (χ1) is 3.12. The predicted octanol–water partition coefficient (Wildman–Crippen LogP) is 1.46. The van der Waals surface area contributed by atoms with E-state index in [1.807, 2.05) is 0 Å². The highest BCUT2D eigenvalue weighted by Crippen LogP contribution is 2.22. The van der Waals surface area contributed by atoms with Crippen LogP contribution >= 0.6 is 0 Å². The normalized spacial score (nSPS) is 10.5. The van der Waals surface area contributed by atoms with Crippen LogP contribution in [0.2, 0.25) is 0 Å². The summed E-state index contributed by atoms with van der Waals surface area (Å²) in [6.45, 7) is 10.5. The van der Waals surface area contributed by atoms with Crippen molar-refractivity contribution in [3.63, 3.8) is 0 Å². The minimum absolute atomic E-state index is 0. The molecule has 0 rings (SSSR count). The van der Waals surface area contributed by atoms with E-state index in [1.165, 1.54) is 12.8 Å². The van der Waals surface area contributed by atoms with Gasteiger partial charge in [0, 0.05) is 0 Å². The molecule has 0 aliphatic carbocycles. The Kier molecular flexibility index (Phi) is 6.26. The van der Waals surface area contributed by atoms with E-state index in [1.54, 1.807) is 0 Å². The number of rotatable bonds is 2. The van der Waals surface area contributed by atoms with Crippen molar-refractivity contribution in [1.82, 2.24) is 0 Å². The van der Waals surface area contributed by atoms with Crippen LogP contribution in [0.15, 0.2) is 0 Å². The minimum atomic E-state index is 0. The van der Waals surface area contributed by atoms with E-state index in [9.17, 15) is 0 Å². The first-order valence-electron chi connectivity index (χ1n) is 2.97. The highest BCUT2D eigenvalue weighted by Gasteiger charge is 2.09. The summed E-state index contributed by atoms with van der Waals surface area (Å²) in [6, 6.07) is 0. The lowest BCUT2D eigenvalue weighted by Crippen LogP contribution is -2.06. The number of hydrogen-bond acceptors (Lipinski definition) is 0. The van der Waals surface area contributed by atoms with E-state index < -0.39 is 0 Å². The molecule has 0 bridgehead atoms. The van der Waals surface area contributed by atoms with E-state index >= 15 is 0 Å². The van der Waals surface area contributed by atoms with E-state index in [0.717, 1.165) is 0 Å². The van der Waals surface area contributed by atoms with E-state index in [-0.39, 0.29) is 17.4 Å². The summed E-state index contributed by atoms with van der Waals surface area (Å²) in [6.07, 6.45) is 2.37. The van der Waals surface area contributed by atoms with Gasteiger partial charge in [-0.15, -0.1) is 0 Å². The Labute approximate surface area is 63.8 Å². The van der Waals surface area contributed by atoms with Crippen LogP contribution in [0.3, 0.4) is 0 Å². The standard InChI is InChI=1S/C7H15.Al.3H/c1-5-7(3,4)6-2;;;;/h3,5-6H2,1-2,4H3;;;;. The lowest BCUT2D eigenvalue weighted by Gasteiger charge is -2.18. The van der Waals surface area contributed by atoms with Crippen molar-refractivity contribution >= 4 is 17.4 Å². The van der Waals surface area contributed by atoms with Gasteiger partial charge in [-0.05, 0) is 12.3 Å². The fourth-order valence-corrected chi connectivity index (χ4v) is 0.250. The molecule has 0 atom stereocenters. The van der Waals surface area contributed by atoms with Crippen molar-refractivity contribution < 1.29 is 0 Å². The van der Waals surface area contributed by atoms with Crippen LogP contribution in [-0.2, 0) is 0 Å². The van der Waals surface area contributed by atoms with Gasteiger partial charge in [-0.1, -0.05) is 33.6 Å². The molecular weight excluding hydrogens is 111 g/mol. The van der Waals surface area contributed by atoms with Crippen LogP contribution < -0.4 is 0 Å². The highest BCUT2D eigenvalue weighted by molar-refractivity contribution is 5.75. The van der Waals surface area contributed by atoms with Crippen LogP contribution in [0.4, 0.5) is 0 Å². The largest absolute Gasteiger partial charge is 0.187 e. The van der Waals surface area contributed by atoms with Gasteiger partial charge in [-0.2, -0.15) is 0 Å². The Morgan fingerprint density at radius 2 is 1.50 bits per heavy atom. The van der Waals surface area contributed by atoms with Gasteiger partial charge >= 0.3 is 0 Å². The second kappa shape index (κ2) is 4.42. The van der Waals surface area contributed by atoms with Crippen LogP contribution in [-0.4, -0.2) is 17.4 Å². The molecule has 0 unspecified atom stereocenters. The molecule has 0 fully saturated rings. The molecule has 0 aromatic rings. The lowest BCUT2D eigenvalue weighted by molar-refractivity contribution is 0.391. The maximum atomic E-state index is 4.01. The van der Waals surface area contributed by atoms with Gasteiger partial charge < -0.3 is 0 Å². The molecule has 49 valence electrons. The first-order valence-corrected chi connectivity index (χ1v) is 2.97. The zero-order chi connectivity index (χ0) is 5.91. The number of hydrogen-bond donors (Lipinski definition) is 0. The Balaban J connectivity index is 0. The Bertz CT molecular complexity index is 42.3. The first kappa shape index (κ1) is 11.3. The van der Waals surface area contributed by atoms with Gasteiger partial charge in [0.25, 0.3) is 0 Å². The summed E-state index contributed by atoms with van der Waals surface area (Å²) in [7, 11) is 0. The molecule has 0 heterocycles. The van der Waals surface area contributed by atoms with Crippen LogP contribution in [0.5, 0.6) is 0 Å². The van der Waals surface area contributed by atoms with E-state index in [0.29, 0.717) is 5.41 Å². The fourth-order valence-electron chi connectivity index (χ4n) is 0.250. The summed E-state index contributed by atoms with van der Waals surface area (Å²) < 4.78 is 0. The molecule has 8 heavy (non-hydrogen) atoms. The topological polar surface area (TPSA) is 0 Å². The molecule has 0 saturated heterocycles. The predicted molar refractivity (Wildman–Crippen MR) is 44.0 cm³/mol. The van der Waals surface area contributed by atoms with E-state index in [4.69, 9.17) is 0 Å². The molecule has 0 nitrogen and oxygen atoms in total. The molecule has 0 spiro atoms. The molecule has 0 amide bonds. The summed E-state index contributed by atoms with van der Waals surface area (Å²) >= 11 is 0. The molecule has 0 saturated carbocycles. The molecular formula is C7H18Al. The summed E-state index contributed by atoms with van der Waals surface area (Å²) in [4.78, 5) is 0. The summed E-state index contributed by atoms with van der Waals surface area (Å²) in [5.74, 6) is 0. The second-order valence-electron chi connectivity index (χ2n) is 2.52. The monoisotopic (exact) mass is 129 g/mol. The minimum Gasteiger partial charge on any atom is -0.0649 e.